The largest absolute Gasteiger partial charge is 0.351 e. The Kier molecular flexibility index (Phi) is 4.69. The first-order chi connectivity index (χ1) is 7.83. The summed E-state index contributed by atoms with van der Waals surface area (Å²) in [4.78, 5) is 15.9. The van der Waals surface area contributed by atoms with Crippen molar-refractivity contribution in [3.63, 3.8) is 0 Å². The summed E-state index contributed by atoms with van der Waals surface area (Å²) in [6.07, 6.45) is 3.23. The zero-order valence-corrected chi connectivity index (χ0v) is 12.3. The number of halogens is 1. The molecule has 0 unspecified atom stereocenters. The van der Waals surface area contributed by atoms with Crippen LogP contribution in [0.25, 0.3) is 0 Å². The van der Waals surface area contributed by atoms with Crippen LogP contribution in [0.1, 0.15) is 38.1 Å². The molecule has 0 atom stereocenters. The molecule has 94 valence electrons. The van der Waals surface area contributed by atoms with Crippen molar-refractivity contribution in [1.82, 2.24) is 10.3 Å². The Hall–Kier alpha value is -0.900. The Labute approximate surface area is 111 Å². The lowest BCUT2D eigenvalue weighted by Gasteiger charge is -2.29. The fraction of sp³-hybridized carbons (Fsp3) is 0.538. The van der Waals surface area contributed by atoms with Gasteiger partial charge in [0.25, 0.3) is 5.91 Å². The Morgan fingerprint density at radius 1 is 1.47 bits per heavy atom. The zero-order valence-electron chi connectivity index (χ0n) is 10.7. The van der Waals surface area contributed by atoms with Gasteiger partial charge in [0.15, 0.2) is 0 Å². The highest BCUT2D eigenvalue weighted by Crippen LogP contribution is 2.24. The molecule has 1 N–H and O–H groups in total. The first-order valence-corrected chi connectivity index (χ1v) is 6.51. The maximum Gasteiger partial charge on any atom is 0.252 e. The molecule has 0 fully saturated rings. The molecular formula is C13H19BrN2O. The Morgan fingerprint density at radius 2 is 2.12 bits per heavy atom. The predicted octanol–water partition coefficient (Wildman–Crippen LogP) is 3.26. The molecule has 1 rings (SSSR count). The van der Waals surface area contributed by atoms with E-state index in [0.717, 1.165) is 4.47 Å². The number of carbonyl (C=O) groups excluding carboxylic acids is 1. The van der Waals surface area contributed by atoms with Crippen molar-refractivity contribution in [2.45, 2.75) is 27.7 Å². The molecule has 0 radical (unpaired) electrons. The topological polar surface area (TPSA) is 42.0 Å². The van der Waals surface area contributed by atoms with E-state index < -0.39 is 0 Å². The van der Waals surface area contributed by atoms with Crippen LogP contribution in [0.15, 0.2) is 22.9 Å². The van der Waals surface area contributed by atoms with Gasteiger partial charge in [-0.3, -0.25) is 9.78 Å². The molecule has 0 bridgehead atoms. The Balaban J connectivity index is 2.62. The van der Waals surface area contributed by atoms with Crippen LogP contribution >= 0.6 is 15.9 Å². The molecule has 1 aromatic heterocycles. The minimum absolute atomic E-state index is 0.0764. The second kappa shape index (κ2) is 5.63. The fourth-order valence-corrected chi connectivity index (χ4v) is 1.52. The molecule has 1 heterocycles. The van der Waals surface area contributed by atoms with Gasteiger partial charge in [0, 0.05) is 23.4 Å². The van der Waals surface area contributed by atoms with Crippen LogP contribution in [0.5, 0.6) is 0 Å². The molecule has 0 aliphatic rings. The van der Waals surface area contributed by atoms with Crippen molar-refractivity contribution in [2.24, 2.45) is 11.3 Å². The van der Waals surface area contributed by atoms with Gasteiger partial charge in [-0.25, -0.2) is 0 Å². The Morgan fingerprint density at radius 3 is 2.65 bits per heavy atom. The number of amides is 1. The average molecular weight is 299 g/mol. The van der Waals surface area contributed by atoms with E-state index in [0.29, 0.717) is 18.0 Å². The van der Waals surface area contributed by atoms with E-state index in [4.69, 9.17) is 0 Å². The smallest absolute Gasteiger partial charge is 0.252 e. The quantitative estimate of drug-likeness (QED) is 0.927. The highest BCUT2D eigenvalue weighted by atomic mass is 79.9. The van der Waals surface area contributed by atoms with Gasteiger partial charge < -0.3 is 5.32 Å². The standard InChI is InChI=1S/C13H19BrN2O/c1-9(2)13(3,4)8-16-12(17)10-5-11(14)7-15-6-10/h5-7,9H,8H2,1-4H3,(H,16,17). The third kappa shape index (κ3) is 4.11. The molecule has 3 nitrogen and oxygen atoms in total. The van der Waals surface area contributed by atoms with E-state index in [1.165, 1.54) is 0 Å². The van der Waals surface area contributed by atoms with E-state index in [-0.39, 0.29) is 11.3 Å². The van der Waals surface area contributed by atoms with Crippen molar-refractivity contribution in [2.75, 3.05) is 6.54 Å². The van der Waals surface area contributed by atoms with E-state index in [1.54, 1.807) is 18.5 Å². The summed E-state index contributed by atoms with van der Waals surface area (Å²) in [5.74, 6) is 0.441. The van der Waals surface area contributed by atoms with Crippen LogP contribution in [0, 0.1) is 11.3 Å². The number of hydrogen-bond acceptors (Lipinski definition) is 2. The summed E-state index contributed by atoms with van der Waals surface area (Å²) in [6, 6.07) is 1.77. The predicted molar refractivity (Wildman–Crippen MR) is 72.9 cm³/mol. The molecule has 0 aliphatic heterocycles. The number of hydrogen-bond donors (Lipinski definition) is 1. The van der Waals surface area contributed by atoms with Gasteiger partial charge in [-0.2, -0.15) is 0 Å². The molecule has 0 aromatic carbocycles. The molecule has 0 saturated heterocycles. The second-order valence-corrected chi connectivity index (χ2v) is 6.13. The fourth-order valence-electron chi connectivity index (χ4n) is 1.15. The number of aromatic nitrogens is 1. The number of carbonyl (C=O) groups is 1. The lowest BCUT2D eigenvalue weighted by atomic mass is 9.81. The third-order valence-electron chi connectivity index (χ3n) is 3.23. The van der Waals surface area contributed by atoms with Crippen LogP contribution in [0.3, 0.4) is 0 Å². The van der Waals surface area contributed by atoms with E-state index in [9.17, 15) is 4.79 Å². The van der Waals surface area contributed by atoms with Crippen molar-refractivity contribution >= 4 is 21.8 Å². The summed E-state index contributed by atoms with van der Waals surface area (Å²) >= 11 is 3.30. The maximum absolute atomic E-state index is 11.9. The monoisotopic (exact) mass is 298 g/mol. The number of rotatable bonds is 4. The van der Waals surface area contributed by atoms with Crippen molar-refractivity contribution < 1.29 is 4.79 Å². The first-order valence-electron chi connectivity index (χ1n) is 5.71. The highest BCUT2D eigenvalue weighted by molar-refractivity contribution is 9.10. The van der Waals surface area contributed by atoms with Gasteiger partial charge in [0.1, 0.15) is 0 Å². The van der Waals surface area contributed by atoms with Crippen molar-refractivity contribution in [3.8, 4) is 0 Å². The zero-order chi connectivity index (χ0) is 13.1. The number of nitrogens with one attached hydrogen (secondary N) is 1. The van der Waals surface area contributed by atoms with Gasteiger partial charge >= 0.3 is 0 Å². The van der Waals surface area contributed by atoms with Crippen molar-refractivity contribution in [3.05, 3.63) is 28.5 Å². The second-order valence-electron chi connectivity index (χ2n) is 5.22. The summed E-state index contributed by atoms with van der Waals surface area (Å²) < 4.78 is 0.813. The molecule has 0 aliphatic carbocycles. The summed E-state index contributed by atoms with van der Waals surface area (Å²) in [5, 5.41) is 2.95. The third-order valence-corrected chi connectivity index (χ3v) is 3.67. The Bertz CT molecular complexity index is 402. The first kappa shape index (κ1) is 14.2. The van der Waals surface area contributed by atoms with Gasteiger partial charge in [-0.15, -0.1) is 0 Å². The van der Waals surface area contributed by atoms with Crippen molar-refractivity contribution in [1.29, 1.82) is 0 Å². The van der Waals surface area contributed by atoms with Crippen LogP contribution < -0.4 is 5.32 Å². The summed E-state index contributed by atoms with van der Waals surface area (Å²) in [5.41, 5.74) is 0.675. The lowest BCUT2D eigenvalue weighted by Crippen LogP contribution is -2.37. The lowest BCUT2D eigenvalue weighted by molar-refractivity contribution is 0.0924. The highest BCUT2D eigenvalue weighted by Gasteiger charge is 2.23. The molecule has 0 spiro atoms. The van der Waals surface area contributed by atoms with Crippen LogP contribution in [-0.2, 0) is 0 Å². The molecule has 17 heavy (non-hydrogen) atoms. The van der Waals surface area contributed by atoms with Gasteiger partial charge in [-0.1, -0.05) is 27.7 Å². The van der Waals surface area contributed by atoms with Crippen LogP contribution in [0.4, 0.5) is 0 Å². The van der Waals surface area contributed by atoms with E-state index in [2.05, 4.69) is 53.9 Å². The van der Waals surface area contributed by atoms with E-state index >= 15 is 0 Å². The minimum Gasteiger partial charge on any atom is -0.351 e. The molecule has 4 heteroatoms. The van der Waals surface area contributed by atoms with Gasteiger partial charge in [-0.05, 0) is 33.3 Å². The summed E-state index contributed by atoms with van der Waals surface area (Å²) in [7, 11) is 0. The van der Waals surface area contributed by atoms with Gasteiger partial charge in [0.2, 0.25) is 0 Å². The molecular weight excluding hydrogens is 280 g/mol. The SMILES string of the molecule is CC(C)C(C)(C)CNC(=O)c1cncc(Br)c1. The minimum atomic E-state index is -0.0764. The van der Waals surface area contributed by atoms with Crippen LogP contribution in [-0.4, -0.2) is 17.4 Å². The maximum atomic E-state index is 11.9. The number of nitrogens with zero attached hydrogens (tertiary/aromatic N) is 1. The van der Waals surface area contributed by atoms with E-state index in [1.807, 2.05) is 0 Å². The molecule has 0 saturated carbocycles. The average Bonchev–Trinajstić information content (AvgIpc) is 2.25. The summed E-state index contributed by atoms with van der Waals surface area (Å²) in [6.45, 7) is 9.28. The number of pyridine rings is 1. The molecule has 1 aromatic rings. The normalized spacial score (nSPS) is 11.6. The molecule has 1 amide bonds. The van der Waals surface area contributed by atoms with Crippen LogP contribution in [0.2, 0.25) is 0 Å². The van der Waals surface area contributed by atoms with Gasteiger partial charge in [0.05, 0.1) is 5.56 Å².